The molecule has 0 saturated carbocycles. The van der Waals surface area contributed by atoms with E-state index >= 15 is 0 Å². The standard InChI is InChI=1S/C23H27NO5/c1-13-19-15(25)11-22(2,3)12-18(19)29-20(13)21(26)24-23(4,5)14-6-7-16-17(10-14)28-9-8-27-16/h6-7,10H,8-9,11-12H2,1-5H3,(H,24,26). The second-order valence-corrected chi connectivity index (χ2v) is 9.23. The smallest absolute Gasteiger partial charge is 0.287 e. The molecule has 0 fully saturated rings. The van der Waals surface area contributed by atoms with E-state index in [4.69, 9.17) is 13.9 Å². The molecule has 0 bridgehead atoms. The fourth-order valence-electron chi connectivity index (χ4n) is 4.14. The van der Waals surface area contributed by atoms with E-state index in [1.54, 1.807) is 6.92 Å². The second kappa shape index (κ2) is 6.65. The Hall–Kier alpha value is -2.76. The van der Waals surface area contributed by atoms with Gasteiger partial charge in [-0.3, -0.25) is 9.59 Å². The number of fused-ring (bicyclic) bond motifs is 2. The number of carbonyl (C=O) groups excluding carboxylic acids is 2. The predicted octanol–water partition coefficient (Wildman–Crippen LogP) is 4.18. The Morgan fingerprint density at radius 2 is 1.79 bits per heavy atom. The van der Waals surface area contributed by atoms with E-state index in [1.165, 1.54) is 0 Å². The highest BCUT2D eigenvalue weighted by molar-refractivity contribution is 6.04. The highest BCUT2D eigenvalue weighted by Crippen LogP contribution is 2.39. The summed E-state index contributed by atoms with van der Waals surface area (Å²) in [6.45, 7) is 10.7. The van der Waals surface area contributed by atoms with Gasteiger partial charge in [-0.1, -0.05) is 19.9 Å². The topological polar surface area (TPSA) is 77.8 Å². The number of benzene rings is 1. The Bertz CT molecular complexity index is 999. The fraction of sp³-hybridized carbons (Fsp3) is 0.478. The van der Waals surface area contributed by atoms with E-state index in [-0.39, 0.29) is 22.9 Å². The summed E-state index contributed by atoms with van der Waals surface area (Å²) in [6.07, 6.45) is 1.11. The average molecular weight is 397 g/mol. The first-order chi connectivity index (χ1) is 13.6. The number of hydrogen-bond donors (Lipinski definition) is 1. The third-order valence-corrected chi connectivity index (χ3v) is 5.67. The van der Waals surface area contributed by atoms with Crippen LogP contribution in [-0.2, 0) is 12.0 Å². The first-order valence-corrected chi connectivity index (χ1v) is 9.95. The molecule has 2 aromatic rings. The van der Waals surface area contributed by atoms with Gasteiger partial charge >= 0.3 is 0 Å². The molecule has 4 rings (SSSR count). The Morgan fingerprint density at radius 1 is 1.10 bits per heavy atom. The summed E-state index contributed by atoms with van der Waals surface area (Å²) in [6, 6.07) is 5.66. The summed E-state index contributed by atoms with van der Waals surface area (Å²) >= 11 is 0. The van der Waals surface area contributed by atoms with Crippen molar-refractivity contribution in [2.24, 2.45) is 5.41 Å². The highest BCUT2D eigenvalue weighted by Gasteiger charge is 2.38. The summed E-state index contributed by atoms with van der Waals surface area (Å²) in [7, 11) is 0. The van der Waals surface area contributed by atoms with Crippen molar-refractivity contribution in [2.45, 2.75) is 53.0 Å². The maximum absolute atomic E-state index is 13.1. The molecule has 1 aliphatic heterocycles. The van der Waals surface area contributed by atoms with Gasteiger partial charge in [0.15, 0.2) is 23.0 Å². The molecular weight excluding hydrogens is 370 g/mol. The van der Waals surface area contributed by atoms with Crippen LogP contribution in [0.4, 0.5) is 0 Å². The minimum Gasteiger partial charge on any atom is -0.486 e. The van der Waals surface area contributed by atoms with Gasteiger partial charge in [-0.2, -0.15) is 0 Å². The van der Waals surface area contributed by atoms with E-state index in [9.17, 15) is 9.59 Å². The Labute approximate surface area is 170 Å². The van der Waals surface area contributed by atoms with Crippen LogP contribution in [0.25, 0.3) is 0 Å². The normalized spacial score (nSPS) is 17.6. The number of ether oxygens (including phenoxy) is 2. The van der Waals surface area contributed by atoms with E-state index < -0.39 is 5.54 Å². The summed E-state index contributed by atoms with van der Waals surface area (Å²) in [5.41, 5.74) is 1.26. The van der Waals surface area contributed by atoms with Gasteiger partial charge in [0.2, 0.25) is 0 Å². The lowest BCUT2D eigenvalue weighted by Crippen LogP contribution is -2.41. The number of carbonyl (C=O) groups is 2. The molecule has 1 N–H and O–H groups in total. The van der Waals surface area contributed by atoms with E-state index in [2.05, 4.69) is 5.32 Å². The molecule has 6 nitrogen and oxygen atoms in total. The third kappa shape index (κ3) is 3.52. The Balaban J connectivity index is 1.60. The lowest BCUT2D eigenvalue weighted by atomic mass is 9.76. The number of amides is 1. The zero-order valence-corrected chi connectivity index (χ0v) is 17.6. The first-order valence-electron chi connectivity index (χ1n) is 9.95. The predicted molar refractivity (Wildman–Crippen MR) is 108 cm³/mol. The minimum atomic E-state index is -0.671. The molecule has 0 saturated heterocycles. The fourth-order valence-corrected chi connectivity index (χ4v) is 4.14. The molecule has 1 amide bonds. The van der Waals surface area contributed by atoms with Crippen LogP contribution in [0.1, 0.15) is 71.9 Å². The van der Waals surface area contributed by atoms with Crippen molar-refractivity contribution in [2.75, 3.05) is 13.2 Å². The molecule has 2 aliphatic rings. The van der Waals surface area contributed by atoms with E-state index in [0.29, 0.717) is 54.4 Å². The van der Waals surface area contributed by atoms with Crippen molar-refractivity contribution in [3.05, 3.63) is 46.4 Å². The summed E-state index contributed by atoms with van der Waals surface area (Å²) in [4.78, 5) is 25.6. The molecule has 0 spiro atoms. The van der Waals surface area contributed by atoms with Gasteiger partial charge in [0.05, 0.1) is 11.1 Å². The molecular formula is C23H27NO5. The molecule has 0 radical (unpaired) electrons. The van der Waals surface area contributed by atoms with Crippen LogP contribution in [-0.4, -0.2) is 24.9 Å². The average Bonchev–Trinajstić information content (AvgIpc) is 2.96. The molecule has 0 unspecified atom stereocenters. The number of ketones is 1. The van der Waals surface area contributed by atoms with Crippen LogP contribution in [0.2, 0.25) is 0 Å². The summed E-state index contributed by atoms with van der Waals surface area (Å²) < 4.78 is 17.1. The van der Waals surface area contributed by atoms with Gasteiger partial charge in [-0.05, 0) is 43.9 Å². The second-order valence-electron chi connectivity index (χ2n) is 9.23. The number of hydrogen-bond acceptors (Lipinski definition) is 5. The number of rotatable bonds is 3. The van der Waals surface area contributed by atoms with Crippen molar-refractivity contribution in [3.8, 4) is 11.5 Å². The quantitative estimate of drug-likeness (QED) is 0.841. The minimum absolute atomic E-state index is 0.0441. The van der Waals surface area contributed by atoms with Gasteiger partial charge in [-0.15, -0.1) is 0 Å². The third-order valence-electron chi connectivity index (χ3n) is 5.67. The number of Topliss-reactive ketones (excluding diaryl/α,β-unsaturated/α-hetero) is 1. The zero-order valence-electron chi connectivity index (χ0n) is 17.6. The van der Waals surface area contributed by atoms with E-state index in [1.807, 2.05) is 45.9 Å². The van der Waals surface area contributed by atoms with Crippen LogP contribution >= 0.6 is 0 Å². The Kier molecular flexibility index (Phi) is 4.48. The van der Waals surface area contributed by atoms with Crippen LogP contribution in [0.5, 0.6) is 11.5 Å². The van der Waals surface area contributed by atoms with E-state index in [0.717, 1.165) is 5.56 Å². The van der Waals surface area contributed by atoms with Gasteiger partial charge in [0, 0.05) is 18.4 Å². The van der Waals surface area contributed by atoms with Crippen LogP contribution in [0.3, 0.4) is 0 Å². The zero-order chi connectivity index (χ0) is 21.0. The van der Waals surface area contributed by atoms with Crippen molar-refractivity contribution in [1.29, 1.82) is 0 Å². The molecule has 154 valence electrons. The summed E-state index contributed by atoms with van der Waals surface area (Å²) in [5.74, 6) is 1.93. The van der Waals surface area contributed by atoms with Crippen molar-refractivity contribution >= 4 is 11.7 Å². The molecule has 1 aromatic heterocycles. The maximum Gasteiger partial charge on any atom is 0.287 e. The SMILES string of the molecule is Cc1c(C(=O)NC(C)(C)c2ccc3c(c2)OCCO3)oc2c1C(=O)CC(C)(C)C2. The molecule has 29 heavy (non-hydrogen) atoms. The highest BCUT2D eigenvalue weighted by atomic mass is 16.6. The van der Waals surface area contributed by atoms with Crippen molar-refractivity contribution < 1.29 is 23.5 Å². The van der Waals surface area contributed by atoms with Gasteiger partial charge in [0.25, 0.3) is 5.91 Å². The van der Waals surface area contributed by atoms with Gasteiger partial charge < -0.3 is 19.2 Å². The van der Waals surface area contributed by atoms with Crippen LogP contribution in [0.15, 0.2) is 22.6 Å². The molecule has 2 heterocycles. The lowest BCUT2D eigenvalue weighted by Gasteiger charge is -2.28. The Morgan fingerprint density at radius 3 is 2.52 bits per heavy atom. The van der Waals surface area contributed by atoms with Crippen molar-refractivity contribution in [3.63, 3.8) is 0 Å². The molecule has 1 aliphatic carbocycles. The molecule has 6 heteroatoms. The lowest BCUT2D eigenvalue weighted by molar-refractivity contribution is 0.0866. The van der Waals surface area contributed by atoms with Gasteiger partial charge in [-0.25, -0.2) is 0 Å². The number of furan rings is 1. The van der Waals surface area contributed by atoms with Gasteiger partial charge in [0.1, 0.15) is 19.0 Å². The number of nitrogens with one attached hydrogen (secondary N) is 1. The largest absolute Gasteiger partial charge is 0.486 e. The summed E-state index contributed by atoms with van der Waals surface area (Å²) in [5, 5.41) is 3.04. The molecule has 1 aromatic carbocycles. The first kappa shape index (κ1) is 19.6. The van der Waals surface area contributed by atoms with Crippen molar-refractivity contribution in [1.82, 2.24) is 5.32 Å². The monoisotopic (exact) mass is 397 g/mol. The van der Waals surface area contributed by atoms with Crippen LogP contribution < -0.4 is 14.8 Å². The molecule has 0 atom stereocenters. The van der Waals surface area contributed by atoms with Crippen LogP contribution in [0, 0.1) is 12.3 Å². The maximum atomic E-state index is 13.1.